The fraction of sp³-hybridized carbons (Fsp3) is 0.579. The van der Waals surface area contributed by atoms with Crippen molar-refractivity contribution in [3.05, 3.63) is 22.8 Å². The Morgan fingerprint density at radius 3 is 2.80 bits per heavy atom. The van der Waals surface area contributed by atoms with E-state index in [-0.39, 0.29) is 17.8 Å². The van der Waals surface area contributed by atoms with Crippen molar-refractivity contribution in [3.63, 3.8) is 0 Å². The Hall–Kier alpha value is -2.26. The van der Waals surface area contributed by atoms with Gasteiger partial charge in [-0.15, -0.1) is 0 Å². The highest BCUT2D eigenvalue weighted by atomic mass is 16.3. The van der Waals surface area contributed by atoms with Gasteiger partial charge in [0.2, 0.25) is 0 Å². The van der Waals surface area contributed by atoms with Gasteiger partial charge in [-0.1, -0.05) is 0 Å². The molecule has 1 saturated carbocycles. The third kappa shape index (κ3) is 2.54. The number of anilines is 1. The standard InChI is InChI=1S/C19H24N4O2/c1-12-17-13(11-21(2)15(17)6-7-20)10-16(18(12)24)23-9-3-8-22(19(23)25)14-4-5-14/h10,14-15,24H,3-6,8-9,11H2,1-2H3. The summed E-state index contributed by atoms with van der Waals surface area (Å²) in [5, 5.41) is 19.9. The first-order chi connectivity index (χ1) is 12.0. The van der Waals surface area contributed by atoms with Gasteiger partial charge in [0.1, 0.15) is 5.75 Å². The van der Waals surface area contributed by atoms with Crippen molar-refractivity contribution >= 4 is 11.7 Å². The van der Waals surface area contributed by atoms with Gasteiger partial charge in [0.15, 0.2) is 0 Å². The van der Waals surface area contributed by atoms with Gasteiger partial charge in [-0.3, -0.25) is 9.80 Å². The second-order valence-electron chi connectivity index (χ2n) is 7.45. The molecule has 1 N–H and O–H groups in total. The first-order valence-corrected chi connectivity index (χ1v) is 9.03. The summed E-state index contributed by atoms with van der Waals surface area (Å²) in [5.41, 5.74) is 3.59. The Kier molecular flexibility index (Phi) is 3.84. The number of phenols is 1. The van der Waals surface area contributed by atoms with Crippen LogP contribution in [-0.4, -0.2) is 47.1 Å². The number of carbonyl (C=O) groups is 1. The molecule has 1 unspecified atom stereocenters. The van der Waals surface area contributed by atoms with Crippen LogP contribution in [0.3, 0.4) is 0 Å². The van der Waals surface area contributed by atoms with E-state index in [0.717, 1.165) is 49.0 Å². The van der Waals surface area contributed by atoms with Gasteiger partial charge in [0.25, 0.3) is 0 Å². The van der Waals surface area contributed by atoms with Crippen LogP contribution in [0.15, 0.2) is 6.07 Å². The van der Waals surface area contributed by atoms with Crippen LogP contribution in [0.2, 0.25) is 0 Å². The number of aromatic hydroxyl groups is 1. The van der Waals surface area contributed by atoms with Crippen LogP contribution in [0.1, 0.15) is 48.4 Å². The fourth-order valence-corrected chi connectivity index (χ4v) is 4.31. The summed E-state index contributed by atoms with van der Waals surface area (Å²) in [5.74, 6) is 0.183. The number of amides is 2. The van der Waals surface area contributed by atoms with Crippen molar-refractivity contribution in [2.24, 2.45) is 0 Å². The van der Waals surface area contributed by atoms with E-state index in [1.165, 1.54) is 0 Å². The van der Waals surface area contributed by atoms with Gasteiger partial charge in [0.05, 0.1) is 18.2 Å². The summed E-state index contributed by atoms with van der Waals surface area (Å²) in [7, 11) is 2.00. The van der Waals surface area contributed by atoms with E-state index >= 15 is 0 Å². The van der Waals surface area contributed by atoms with Crippen LogP contribution < -0.4 is 4.90 Å². The van der Waals surface area contributed by atoms with E-state index in [4.69, 9.17) is 5.26 Å². The number of urea groups is 1. The molecule has 132 valence electrons. The molecule has 1 atom stereocenters. The zero-order valence-electron chi connectivity index (χ0n) is 14.8. The molecule has 0 spiro atoms. The first-order valence-electron chi connectivity index (χ1n) is 9.03. The largest absolute Gasteiger partial charge is 0.505 e. The Morgan fingerprint density at radius 1 is 1.36 bits per heavy atom. The molecule has 1 aliphatic carbocycles. The molecule has 2 amide bonds. The van der Waals surface area contributed by atoms with Gasteiger partial charge in [-0.05, 0) is 56.0 Å². The fourth-order valence-electron chi connectivity index (χ4n) is 4.31. The van der Waals surface area contributed by atoms with E-state index in [1.54, 1.807) is 4.90 Å². The maximum Gasteiger partial charge on any atom is 0.324 e. The minimum atomic E-state index is 0.0139. The minimum absolute atomic E-state index is 0.0139. The number of nitrogens with zero attached hydrogens (tertiary/aromatic N) is 4. The Bertz CT molecular complexity index is 766. The predicted molar refractivity (Wildman–Crippen MR) is 94.4 cm³/mol. The zero-order valence-corrected chi connectivity index (χ0v) is 14.8. The Balaban J connectivity index is 1.72. The van der Waals surface area contributed by atoms with E-state index in [1.807, 2.05) is 24.9 Å². The lowest BCUT2D eigenvalue weighted by molar-refractivity contribution is 0.192. The molecule has 6 heteroatoms. The lowest BCUT2D eigenvalue weighted by atomic mass is 9.95. The molecule has 1 aromatic rings. The highest BCUT2D eigenvalue weighted by Gasteiger charge is 2.39. The maximum atomic E-state index is 12.9. The molecule has 6 nitrogen and oxygen atoms in total. The van der Waals surface area contributed by atoms with Crippen molar-refractivity contribution in [1.82, 2.24) is 9.80 Å². The van der Waals surface area contributed by atoms with Crippen LogP contribution in [0.5, 0.6) is 5.75 Å². The molecule has 0 radical (unpaired) electrons. The highest BCUT2D eigenvalue weighted by Crippen LogP contribution is 2.45. The molecule has 25 heavy (non-hydrogen) atoms. The summed E-state index contributed by atoms with van der Waals surface area (Å²) >= 11 is 0. The predicted octanol–water partition coefficient (Wildman–Crippen LogP) is 2.90. The Labute approximate surface area is 148 Å². The van der Waals surface area contributed by atoms with Crippen LogP contribution in [-0.2, 0) is 6.54 Å². The van der Waals surface area contributed by atoms with Crippen molar-refractivity contribution in [3.8, 4) is 11.8 Å². The SMILES string of the molecule is Cc1c(O)c(N2CCCN(C3CC3)C2=O)cc2c1C(CC#N)N(C)C2. The van der Waals surface area contributed by atoms with Crippen LogP contribution in [0, 0.1) is 18.3 Å². The number of hydrogen-bond acceptors (Lipinski definition) is 4. The second kappa shape index (κ2) is 5.92. The third-order valence-electron chi connectivity index (χ3n) is 5.76. The summed E-state index contributed by atoms with van der Waals surface area (Å²) in [6, 6.07) is 4.62. The average molecular weight is 340 g/mol. The van der Waals surface area contributed by atoms with Crippen molar-refractivity contribution in [2.75, 3.05) is 25.0 Å². The lowest BCUT2D eigenvalue weighted by Crippen LogP contribution is -2.50. The van der Waals surface area contributed by atoms with E-state index < -0.39 is 0 Å². The molecular formula is C19H24N4O2. The minimum Gasteiger partial charge on any atom is -0.505 e. The number of carbonyl (C=O) groups excluding carboxylic acids is 1. The van der Waals surface area contributed by atoms with Gasteiger partial charge < -0.3 is 10.0 Å². The van der Waals surface area contributed by atoms with E-state index in [2.05, 4.69) is 11.0 Å². The monoisotopic (exact) mass is 340 g/mol. The van der Waals surface area contributed by atoms with Crippen molar-refractivity contribution in [2.45, 2.75) is 51.2 Å². The Morgan fingerprint density at radius 2 is 2.12 bits per heavy atom. The highest BCUT2D eigenvalue weighted by molar-refractivity contribution is 5.95. The topological polar surface area (TPSA) is 70.8 Å². The molecule has 4 rings (SSSR count). The van der Waals surface area contributed by atoms with Crippen LogP contribution in [0.25, 0.3) is 0 Å². The van der Waals surface area contributed by atoms with Crippen LogP contribution in [0.4, 0.5) is 10.5 Å². The molecule has 2 fully saturated rings. The average Bonchev–Trinajstić information content (AvgIpc) is 3.37. The number of nitriles is 1. The van der Waals surface area contributed by atoms with E-state index in [0.29, 0.717) is 24.7 Å². The second-order valence-corrected chi connectivity index (χ2v) is 7.45. The maximum absolute atomic E-state index is 12.9. The smallest absolute Gasteiger partial charge is 0.324 e. The lowest BCUT2D eigenvalue weighted by Gasteiger charge is -2.36. The normalized spacial score (nSPS) is 23.7. The molecule has 3 aliphatic rings. The number of fused-ring (bicyclic) bond motifs is 1. The molecule has 0 bridgehead atoms. The quantitative estimate of drug-likeness (QED) is 0.918. The number of rotatable bonds is 3. The first kappa shape index (κ1) is 16.2. The zero-order chi connectivity index (χ0) is 17.7. The third-order valence-corrected chi connectivity index (χ3v) is 5.76. The van der Waals surface area contributed by atoms with Gasteiger partial charge in [-0.2, -0.15) is 5.26 Å². The van der Waals surface area contributed by atoms with Crippen LogP contribution >= 0.6 is 0 Å². The number of hydrogen-bond donors (Lipinski definition) is 1. The molecule has 2 heterocycles. The van der Waals surface area contributed by atoms with Crippen molar-refractivity contribution in [1.29, 1.82) is 5.26 Å². The van der Waals surface area contributed by atoms with Gasteiger partial charge >= 0.3 is 6.03 Å². The molecule has 1 saturated heterocycles. The summed E-state index contributed by atoms with van der Waals surface area (Å²) < 4.78 is 0. The summed E-state index contributed by atoms with van der Waals surface area (Å²) in [6.45, 7) is 4.10. The number of benzene rings is 1. The van der Waals surface area contributed by atoms with Crippen molar-refractivity contribution < 1.29 is 9.90 Å². The van der Waals surface area contributed by atoms with Gasteiger partial charge in [-0.25, -0.2) is 4.79 Å². The molecule has 1 aromatic carbocycles. The van der Waals surface area contributed by atoms with Gasteiger partial charge in [0, 0.05) is 31.7 Å². The summed E-state index contributed by atoms with van der Waals surface area (Å²) in [4.78, 5) is 18.7. The summed E-state index contributed by atoms with van der Waals surface area (Å²) in [6.07, 6.45) is 3.51. The molecular weight excluding hydrogens is 316 g/mol. The molecule has 2 aliphatic heterocycles. The molecule has 0 aromatic heterocycles. The van der Waals surface area contributed by atoms with E-state index in [9.17, 15) is 9.90 Å². The number of phenolic OH excluding ortho intramolecular Hbond substituents is 1.